The lowest BCUT2D eigenvalue weighted by Crippen LogP contribution is -2.21. The summed E-state index contributed by atoms with van der Waals surface area (Å²) in [4.78, 5) is 9.24. The van der Waals surface area contributed by atoms with Crippen LogP contribution in [0.2, 0.25) is 10.0 Å². The predicted molar refractivity (Wildman–Crippen MR) is 92.7 cm³/mol. The molecule has 1 aromatic carbocycles. The van der Waals surface area contributed by atoms with E-state index in [9.17, 15) is 34.6 Å². The molecule has 0 radical (unpaired) electrons. The maximum atomic E-state index is 13.0. The van der Waals surface area contributed by atoms with Crippen LogP contribution in [0.1, 0.15) is 24.1 Å². The van der Waals surface area contributed by atoms with Crippen LogP contribution in [0.15, 0.2) is 17.0 Å². The van der Waals surface area contributed by atoms with E-state index in [0.717, 1.165) is 0 Å². The van der Waals surface area contributed by atoms with Gasteiger partial charge in [-0.05, 0) is 25.0 Å². The molecule has 28 heavy (non-hydrogen) atoms. The number of anilines is 1. The van der Waals surface area contributed by atoms with Crippen LogP contribution < -0.4 is 5.73 Å². The van der Waals surface area contributed by atoms with E-state index in [1.54, 1.807) is 6.07 Å². The van der Waals surface area contributed by atoms with Gasteiger partial charge >= 0.3 is 16.2 Å². The van der Waals surface area contributed by atoms with Gasteiger partial charge in [0.15, 0.2) is 5.69 Å². The molecular formula is C14H9Cl2F5N4O2S. The van der Waals surface area contributed by atoms with Crippen molar-refractivity contribution in [3.63, 3.8) is 0 Å². The van der Waals surface area contributed by atoms with Crippen LogP contribution in [-0.4, -0.2) is 20.9 Å². The Morgan fingerprint density at radius 2 is 1.75 bits per heavy atom. The molecule has 1 aliphatic rings. The van der Waals surface area contributed by atoms with Gasteiger partial charge in [0.05, 0.1) is 15.5 Å². The van der Waals surface area contributed by atoms with E-state index in [-0.39, 0.29) is 42.0 Å². The third-order valence-corrected chi connectivity index (χ3v) is 6.02. The summed E-state index contributed by atoms with van der Waals surface area (Å²) in [6, 6.07) is 1.61. The number of aliphatic carboxylic acids is 1. The highest BCUT2D eigenvalue weighted by Gasteiger charge is 2.65. The van der Waals surface area contributed by atoms with Crippen molar-refractivity contribution in [1.82, 2.24) is 9.78 Å². The number of hydrogen-bond donors (Lipinski definition) is 2. The van der Waals surface area contributed by atoms with Gasteiger partial charge < -0.3 is 10.8 Å². The molecule has 0 atom stereocenters. The quantitative estimate of drug-likeness (QED) is 0.591. The third-order valence-electron chi connectivity index (χ3n) is 4.31. The van der Waals surface area contributed by atoms with Gasteiger partial charge in [-0.25, -0.2) is 4.68 Å². The molecule has 0 unspecified atom stereocenters. The van der Waals surface area contributed by atoms with Crippen molar-refractivity contribution in [2.45, 2.75) is 23.2 Å². The lowest BCUT2D eigenvalue weighted by Gasteiger charge is -2.40. The molecule has 1 fully saturated rings. The summed E-state index contributed by atoms with van der Waals surface area (Å²) in [6.07, 6.45) is 0.328. The number of hydrogen-bond acceptors (Lipinski definition) is 4. The van der Waals surface area contributed by atoms with E-state index in [2.05, 4.69) is 5.10 Å². The molecule has 0 amide bonds. The molecule has 14 heteroatoms. The first-order valence-corrected chi connectivity index (χ1v) is 9.98. The number of carbonyl (C=O) groups is 1. The van der Waals surface area contributed by atoms with E-state index >= 15 is 0 Å². The van der Waals surface area contributed by atoms with Gasteiger partial charge in [-0.3, -0.25) is 4.79 Å². The molecule has 1 aromatic heterocycles. The normalized spacial score (nSPS) is 18.1. The van der Waals surface area contributed by atoms with Crippen LogP contribution in [0, 0.1) is 11.3 Å². The Hall–Kier alpha value is -2.23. The molecule has 3 rings (SSSR count). The monoisotopic (exact) mass is 462 g/mol. The molecule has 0 saturated heterocycles. The zero-order valence-electron chi connectivity index (χ0n) is 13.4. The second-order valence-electron chi connectivity index (χ2n) is 6.22. The van der Waals surface area contributed by atoms with Crippen LogP contribution in [0.4, 0.5) is 25.2 Å². The minimum Gasteiger partial charge on any atom is -0.481 e. The molecule has 2 aromatic rings. The number of nitriles is 1. The van der Waals surface area contributed by atoms with E-state index in [1.165, 1.54) is 0 Å². The molecule has 1 heterocycles. The highest BCUT2D eigenvalue weighted by atomic mass is 35.5. The number of halogens is 7. The smallest absolute Gasteiger partial charge is 0.314 e. The predicted octanol–water partition coefficient (Wildman–Crippen LogP) is 5.41. The van der Waals surface area contributed by atoms with Gasteiger partial charge in [-0.1, -0.05) is 42.6 Å². The number of carboxylic acids is 1. The maximum Gasteiger partial charge on any atom is 0.314 e. The average Bonchev–Trinajstić information content (AvgIpc) is 3.25. The van der Waals surface area contributed by atoms with Crippen molar-refractivity contribution in [3.05, 3.63) is 33.4 Å². The minimum atomic E-state index is -10.1. The molecule has 152 valence electrons. The zero-order valence-corrected chi connectivity index (χ0v) is 15.7. The number of benzene rings is 1. The summed E-state index contributed by atoms with van der Waals surface area (Å²) in [5.41, 5.74) is 3.42. The summed E-state index contributed by atoms with van der Waals surface area (Å²) in [5, 5.41) is 20.7. The third kappa shape index (κ3) is 3.13. The summed E-state index contributed by atoms with van der Waals surface area (Å²) in [7, 11) is -10.1. The lowest BCUT2D eigenvalue weighted by atomic mass is 9.96. The largest absolute Gasteiger partial charge is 0.481 e. The number of nitrogen functional groups attached to an aromatic ring is 1. The first kappa shape index (κ1) is 20.5. The highest BCUT2D eigenvalue weighted by molar-refractivity contribution is 8.45. The molecule has 0 aliphatic heterocycles. The molecule has 0 bridgehead atoms. The van der Waals surface area contributed by atoms with Gasteiger partial charge in [-0.15, -0.1) is 0 Å². The Labute approximate surface area is 164 Å². The second kappa shape index (κ2) is 5.22. The number of aromatic nitrogens is 2. The standard InChI is InChI=1S/C14H9Cl2F5N4O2S/c15-7-3-6(28(17,18,19,20)21)4-8(16)11(7)25-12(23)10(9(5-22)24-25)14(1-2-14)13(26)27/h3-4H,1-2,23H2,(H,26,27). The van der Waals surface area contributed by atoms with Gasteiger partial charge in [0, 0.05) is 5.56 Å². The second-order valence-corrected chi connectivity index (χ2v) is 9.45. The fourth-order valence-electron chi connectivity index (χ4n) is 2.81. The van der Waals surface area contributed by atoms with E-state index in [0.29, 0.717) is 4.68 Å². The van der Waals surface area contributed by atoms with E-state index in [1.807, 2.05) is 0 Å². The highest BCUT2D eigenvalue weighted by Crippen LogP contribution is 3.02. The summed E-state index contributed by atoms with van der Waals surface area (Å²) >= 11 is 11.5. The van der Waals surface area contributed by atoms with Crippen molar-refractivity contribution in [2.75, 3.05) is 5.73 Å². The van der Waals surface area contributed by atoms with Crippen LogP contribution in [0.25, 0.3) is 5.69 Å². The molecule has 0 spiro atoms. The molecule has 1 aliphatic carbocycles. The Morgan fingerprint density at radius 1 is 1.25 bits per heavy atom. The van der Waals surface area contributed by atoms with Gasteiger partial charge in [0.2, 0.25) is 0 Å². The van der Waals surface area contributed by atoms with E-state index < -0.39 is 42.2 Å². The van der Waals surface area contributed by atoms with Gasteiger partial charge in [0.25, 0.3) is 0 Å². The Morgan fingerprint density at radius 3 is 2.11 bits per heavy atom. The minimum absolute atomic E-state index is 0.0265. The number of carboxylic acid groups (broad SMARTS) is 1. The first-order chi connectivity index (χ1) is 12.5. The van der Waals surface area contributed by atoms with Crippen molar-refractivity contribution in [3.8, 4) is 11.8 Å². The number of nitrogens with zero attached hydrogens (tertiary/aromatic N) is 3. The van der Waals surface area contributed by atoms with Crippen molar-refractivity contribution < 1.29 is 29.3 Å². The molecule has 6 nitrogen and oxygen atoms in total. The summed E-state index contributed by atoms with van der Waals surface area (Å²) in [6.45, 7) is 0. The topological polar surface area (TPSA) is 105 Å². The van der Waals surface area contributed by atoms with Crippen molar-refractivity contribution in [2.24, 2.45) is 0 Å². The molecular weight excluding hydrogens is 454 g/mol. The maximum absolute atomic E-state index is 13.0. The average molecular weight is 463 g/mol. The first-order valence-electron chi connectivity index (χ1n) is 7.28. The summed E-state index contributed by atoms with van der Waals surface area (Å²) < 4.78 is 65.8. The van der Waals surface area contributed by atoms with E-state index in [4.69, 9.17) is 28.9 Å². The van der Waals surface area contributed by atoms with Crippen LogP contribution in [0.3, 0.4) is 0 Å². The van der Waals surface area contributed by atoms with Crippen LogP contribution in [0.5, 0.6) is 0 Å². The number of rotatable bonds is 4. The van der Waals surface area contributed by atoms with Crippen LogP contribution >= 0.6 is 33.4 Å². The zero-order chi connectivity index (χ0) is 21.3. The molecule has 1 saturated carbocycles. The summed E-state index contributed by atoms with van der Waals surface area (Å²) in [5.74, 6) is -1.65. The van der Waals surface area contributed by atoms with Gasteiger partial charge in [-0.2, -0.15) is 10.4 Å². The Bertz CT molecular complexity index is 1070. The van der Waals surface area contributed by atoms with Gasteiger partial charge in [0.1, 0.15) is 22.5 Å². The fraction of sp³-hybridized carbons (Fsp3) is 0.214. The molecule has 3 N–H and O–H groups in total. The van der Waals surface area contributed by atoms with Crippen LogP contribution in [-0.2, 0) is 10.2 Å². The Balaban J connectivity index is 2.26. The fourth-order valence-corrected chi connectivity index (χ4v) is 4.27. The lowest BCUT2D eigenvalue weighted by molar-refractivity contribution is -0.140. The SMILES string of the molecule is N#Cc1nn(-c2c(Cl)cc(S(F)(F)(F)(F)F)cc2Cl)c(N)c1C1(C(=O)O)CC1. The Kier molecular flexibility index (Phi) is 3.82. The van der Waals surface area contributed by atoms with Crippen molar-refractivity contribution in [1.29, 1.82) is 5.26 Å². The van der Waals surface area contributed by atoms with Crippen molar-refractivity contribution >= 4 is 45.2 Å². The number of nitrogens with two attached hydrogens (primary N) is 1.